The van der Waals surface area contributed by atoms with E-state index in [9.17, 15) is 4.79 Å². The first-order chi connectivity index (χ1) is 2.27. The predicted molar refractivity (Wildman–Crippen MR) is 25.6 cm³/mol. The minimum atomic E-state index is -0.106. The molecule has 1 N–H and O–H groups in total. The SMILES string of the molecule is [CH2-]NC(C)=O.[CH3-].[Y]. The van der Waals surface area contributed by atoms with Gasteiger partial charge in [-0.1, -0.05) is 0 Å². The van der Waals surface area contributed by atoms with Crippen LogP contribution in [0.5, 0.6) is 0 Å². The molecule has 0 spiro atoms. The van der Waals surface area contributed by atoms with Crippen molar-refractivity contribution in [3.8, 4) is 0 Å². The van der Waals surface area contributed by atoms with E-state index in [2.05, 4.69) is 12.4 Å². The second kappa shape index (κ2) is 9.76. The monoisotopic (exact) mass is 176 g/mol. The molecule has 0 aliphatic heterocycles. The van der Waals surface area contributed by atoms with Crippen LogP contribution in [0.3, 0.4) is 0 Å². The number of hydrogen-bond donors (Lipinski definition) is 1. The maximum absolute atomic E-state index is 9.64. The largest absolute Gasteiger partial charge is 0.509 e. The molecule has 0 heterocycles. The summed E-state index contributed by atoms with van der Waals surface area (Å²) in [7, 11) is 3.09. The summed E-state index contributed by atoms with van der Waals surface area (Å²) in [4.78, 5) is 9.64. The summed E-state index contributed by atoms with van der Waals surface area (Å²) in [6.45, 7) is 1.41. The summed E-state index contributed by atoms with van der Waals surface area (Å²) in [5, 5.41) is 2.14. The molecule has 0 aromatic carbocycles. The summed E-state index contributed by atoms with van der Waals surface area (Å²) < 4.78 is 0. The Kier molecular flexibility index (Phi) is 21.8. The number of hydrogen-bond acceptors (Lipinski definition) is 1. The average Bonchev–Trinajstić information content (AvgIpc) is 1.38. The molecule has 7 heavy (non-hydrogen) atoms. The van der Waals surface area contributed by atoms with Crippen molar-refractivity contribution in [1.29, 1.82) is 0 Å². The third-order valence-corrected chi connectivity index (χ3v) is 0.249. The molecule has 0 saturated carbocycles. The molecule has 0 unspecified atom stereocenters. The normalized spacial score (nSPS) is 4.86. The Morgan fingerprint density at radius 1 is 1.71 bits per heavy atom. The van der Waals surface area contributed by atoms with Gasteiger partial charge in [0.25, 0.3) is 0 Å². The van der Waals surface area contributed by atoms with Gasteiger partial charge in [0.2, 0.25) is 0 Å². The Bertz CT molecular complexity index is 47.0. The molecule has 1 radical (unpaired) electrons. The van der Waals surface area contributed by atoms with Crippen molar-refractivity contribution in [2.75, 3.05) is 0 Å². The van der Waals surface area contributed by atoms with Crippen LogP contribution in [0.15, 0.2) is 0 Å². The molecule has 0 fully saturated rings. The second-order valence-corrected chi connectivity index (χ2v) is 0.733. The Hall–Kier alpha value is 0.574. The van der Waals surface area contributed by atoms with Crippen molar-refractivity contribution in [2.24, 2.45) is 0 Å². The molecule has 0 bridgehead atoms. The number of nitrogens with one attached hydrogen (secondary N) is 1. The molecule has 0 aliphatic carbocycles. The van der Waals surface area contributed by atoms with Gasteiger partial charge in [0, 0.05) is 39.6 Å². The molecule has 3 heteroatoms. The van der Waals surface area contributed by atoms with E-state index in [1.165, 1.54) is 6.92 Å². The molecule has 1 amide bonds. The standard InChI is InChI=1S/C3H6NO.CH3.Y/c1-3(5)4-2;;/h2H2,1H3,(H,4,5);1H3;/q2*-1;. The number of carbonyl (C=O) groups excluding carboxylic acids is 1. The molecular weight excluding hydrogens is 167 g/mol. The number of rotatable bonds is 0. The van der Waals surface area contributed by atoms with Crippen molar-refractivity contribution < 1.29 is 37.5 Å². The third-order valence-electron chi connectivity index (χ3n) is 0.249. The van der Waals surface area contributed by atoms with Crippen molar-refractivity contribution in [1.82, 2.24) is 5.32 Å². The topological polar surface area (TPSA) is 29.1 Å². The molecule has 0 aromatic heterocycles. The first-order valence-corrected chi connectivity index (χ1v) is 1.31. The van der Waals surface area contributed by atoms with Gasteiger partial charge in [-0.3, -0.25) is 11.8 Å². The minimum Gasteiger partial charge on any atom is -0.509 e. The predicted octanol–water partition coefficient (Wildman–Crippen LogP) is 0.362. The molecule has 0 atom stereocenters. The first kappa shape index (κ1) is 15.6. The van der Waals surface area contributed by atoms with Crippen LogP contribution >= 0.6 is 0 Å². The van der Waals surface area contributed by atoms with Crippen LogP contribution in [-0.4, -0.2) is 5.91 Å². The van der Waals surface area contributed by atoms with Crippen LogP contribution in [0.1, 0.15) is 6.92 Å². The average molecular weight is 176 g/mol. The number of carbonyl (C=O) groups is 1. The van der Waals surface area contributed by atoms with Gasteiger partial charge in [-0.2, -0.15) is 0 Å². The van der Waals surface area contributed by atoms with Crippen molar-refractivity contribution in [3.05, 3.63) is 14.5 Å². The van der Waals surface area contributed by atoms with Gasteiger partial charge in [-0.05, 0) is 0 Å². The summed E-state index contributed by atoms with van der Waals surface area (Å²) in [5.74, 6) is -0.106. The van der Waals surface area contributed by atoms with Gasteiger partial charge in [-0.25, -0.2) is 0 Å². The van der Waals surface area contributed by atoms with Crippen LogP contribution in [0.25, 0.3) is 0 Å². The van der Waals surface area contributed by atoms with Gasteiger partial charge in [0.15, 0.2) is 5.91 Å². The summed E-state index contributed by atoms with van der Waals surface area (Å²) in [6, 6.07) is 0. The molecule has 0 saturated heterocycles. The van der Waals surface area contributed by atoms with Crippen molar-refractivity contribution in [3.63, 3.8) is 0 Å². The van der Waals surface area contributed by atoms with E-state index in [0.717, 1.165) is 0 Å². The Balaban J connectivity index is -0.0000000800. The zero-order chi connectivity index (χ0) is 4.28. The third kappa shape index (κ3) is 20.8. The molecule has 0 aliphatic rings. The van der Waals surface area contributed by atoms with Gasteiger partial charge in [-0.15, -0.1) is 0 Å². The van der Waals surface area contributed by atoms with E-state index in [4.69, 9.17) is 0 Å². The van der Waals surface area contributed by atoms with E-state index in [-0.39, 0.29) is 46.0 Å². The summed E-state index contributed by atoms with van der Waals surface area (Å²) in [6.07, 6.45) is 0. The Labute approximate surface area is 69.9 Å². The van der Waals surface area contributed by atoms with E-state index in [0.29, 0.717) is 0 Å². The van der Waals surface area contributed by atoms with Crippen LogP contribution in [0.2, 0.25) is 0 Å². The van der Waals surface area contributed by atoms with Crippen LogP contribution in [0.4, 0.5) is 0 Å². The van der Waals surface area contributed by atoms with E-state index in [1.807, 2.05) is 0 Å². The van der Waals surface area contributed by atoms with E-state index in [1.54, 1.807) is 0 Å². The Morgan fingerprint density at radius 2 is 1.86 bits per heavy atom. The minimum absolute atomic E-state index is 0. The van der Waals surface area contributed by atoms with Gasteiger partial charge in [0.05, 0.1) is 0 Å². The molecular formula is C4H9NOY-2. The van der Waals surface area contributed by atoms with E-state index >= 15 is 0 Å². The Morgan fingerprint density at radius 3 is 1.86 bits per heavy atom. The molecule has 0 rings (SSSR count). The smallest absolute Gasteiger partial charge is 0.187 e. The van der Waals surface area contributed by atoms with Crippen LogP contribution < -0.4 is 5.32 Å². The maximum atomic E-state index is 9.64. The maximum Gasteiger partial charge on any atom is 0.187 e. The molecule has 0 aromatic rings. The van der Waals surface area contributed by atoms with E-state index < -0.39 is 0 Å². The number of amides is 1. The second-order valence-electron chi connectivity index (χ2n) is 0.733. The fourth-order valence-electron chi connectivity index (χ4n) is 0. The first-order valence-electron chi connectivity index (χ1n) is 1.31. The fourth-order valence-corrected chi connectivity index (χ4v) is 0. The van der Waals surface area contributed by atoms with Gasteiger partial charge < -0.3 is 12.7 Å². The molecule has 41 valence electrons. The van der Waals surface area contributed by atoms with Crippen LogP contribution in [0, 0.1) is 14.5 Å². The van der Waals surface area contributed by atoms with Gasteiger partial charge >= 0.3 is 0 Å². The zero-order valence-electron chi connectivity index (χ0n) is 4.69. The van der Waals surface area contributed by atoms with Crippen molar-refractivity contribution >= 4 is 5.91 Å². The summed E-state index contributed by atoms with van der Waals surface area (Å²) >= 11 is 0. The van der Waals surface area contributed by atoms with Crippen LogP contribution in [-0.2, 0) is 37.5 Å². The van der Waals surface area contributed by atoms with Crippen molar-refractivity contribution in [2.45, 2.75) is 6.92 Å². The van der Waals surface area contributed by atoms with Gasteiger partial charge in [0.1, 0.15) is 0 Å². The fraction of sp³-hybridized carbons (Fsp3) is 0.250. The summed E-state index contributed by atoms with van der Waals surface area (Å²) in [5.41, 5.74) is 0. The quantitative estimate of drug-likeness (QED) is 0.530. The zero-order valence-corrected chi connectivity index (χ0v) is 7.53. The molecule has 2 nitrogen and oxygen atoms in total.